The van der Waals surface area contributed by atoms with E-state index >= 15 is 0 Å². The zero-order chi connectivity index (χ0) is 14.4. The number of aliphatic hydroxyl groups is 1. The summed E-state index contributed by atoms with van der Waals surface area (Å²) < 4.78 is 0. The Bertz CT molecular complexity index is 541. The standard InChI is InChI=1S/C14H22N4OS/c1-3-7-16-14-17-12(15-8-4-5-10(2)19)11-6-9-20-13(11)18-14/h6,9-10,19H,3-5,7-8H2,1-2H3,(H2,15,16,17,18). The number of aromatic nitrogens is 2. The smallest absolute Gasteiger partial charge is 0.226 e. The minimum absolute atomic E-state index is 0.245. The number of nitrogens with zero attached hydrogens (tertiary/aromatic N) is 2. The van der Waals surface area contributed by atoms with Gasteiger partial charge >= 0.3 is 0 Å². The zero-order valence-corrected chi connectivity index (χ0v) is 12.8. The number of hydrogen-bond donors (Lipinski definition) is 3. The van der Waals surface area contributed by atoms with Crippen LogP contribution in [-0.4, -0.2) is 34.3 Å². The topological polar surface area (TPSA) is 70.1 Å². The highest BCUT2D eigenvalue weighted by Gasteiger charge is 2.08. The first-order chi connectivity index (χ1) is 9.70. The maximum Gasteiger partial charge on any atom is 0.226 e. The lowest BCUT2D eigenvalue weighted by Gasteiger charge is -2.10. The first-order valence-corrected chi connectivity index (χ1v) is 7.99. The molecular weight excluding hydrogens is 272 g/mol. The molecular formula is C14H22N4OS. The van der Waals surface area contributed by atoms with Crippen molar-refractivity contribution >= 4 is 33.3 Å². The van der Waals surface area contributed by atoms with Crippen LogP contribution in [0.25, 0.3) is 10.2 Å². The number of nitrogens with one attached hydrogen (secondary N) is 2. The molecule has 20 heavy (non-hydrogen) atoms. The third-order valence-corrected chi connectivity index (χ3v) is 3.76. The quantitative estimate of drug-likeness (QED) is 0.653. The van der Waals surface area contributed by atoms with Crippen molar-refractivity contribution < 1.29 is 5.11 Å². The Morgan fingerprint density at radius 1 is 1.30 bits per heavy atom. The fraction of sp³-hybridized carbons (Fsp3) is 0.571. The van der Waals surface area contributed by atoms with Crippen molar-refractivity contribution in [2.75, 3.05) is 23.7 Å². The van der Waals surface area contributed by atoms with E-state index in [0.29, 0.717) is 5.95 Å². The van der Waals surface area contributed by atoms with Crippen molar-refractivity contribution in [3.63, 3.8) is 0 Å². The fourth-order valence-corrected chi connectivity index (χ4v) is 2.67. The Labute approximate surface area is 123 Å². The molecule has 0 saturated carbocycles. The predicted octanol–water partition coefficient (Wildman–Crippen LogP) is 3.09. The van der Waals surface area contributed by atoms with Crippen molar-refractivity contribution in [1.29, 1.82) is 0 Å². The van der Waals surface area contributed by atoms with Gasteiger partial charge in [0.05, 0.1) is 11.5 Å². The summed E-state index contributed by atoms with van der Waals surface area (Å²) in [6.45, 7) is 5.61. The normalized spacial score (nSPS) is 12.6. The minimum Gasteiger partial charge on any atom is -0.393 e. The average molecular weight is 294 g/mol. The number of fused-ring (bicyclic) bond motifs is 1. The largest absolute Gasteiger partial charge is 0.393 e. The second-order valence-corrected chi connectivity index (χ2v) is 5.77. The molecule has 2 rings (SSSR count). The van der Waals surface area contributed by atoms with Gasteiger partial charge in [0.2, 0.25) is 5.95 Å². The third-order valence-electron chi connectivity index (χ3n) is 2.95. The van der Waals surface area contributed by atoms with Crippen molar-refractivity contribution in [3.05, 3.63) is 11.4 Å². The lowest BCUT2D eigenvalue weighted by atomic mass is 10.2. The second-order valence-electron chi connectivity index (χ2n) is 4.88. The molecule has 0 aliphatic rings. The molecule has 1 atom stereocenters. The Kier molecular flexibility index (Phi) is 5.55. The van der Waals surface area contributed by atoms with Crippen LogP contribution in [0.15, 0.2) is 11.4 Å². The molecule has 5 nitrogen and oxygen atoms in total. The van der Waals surface area contributed by atoms with Crippen molar-refractivity contribution in [2.45, 2.75) is 39.2 Å². The number of anilines is 2. The molecule has 2 aromatic rings. The molecule has 3 N–H and O–H groups in total. The molecule has 0 aliphatic carbocycles. The van der Waals surface area contributed by atoms with Gasteiger partial charge in [-0.25, -0.2) is 4.98 Å². The maximum absolute atomic E-state index is 9.27. The molecule has 2 heterocycles. The summed E-state index contributed by atoms with van der Waals surface area (Å²) in [5.41, 5.74) is 0. The lowest BCUT2D eigenvalue weighted by molar-refractivity contribution is 0.183. The summed E-state index contributed by atoms with van der Waals surface area (Å²) in [7, 11) is 0. The van der Waals surface area contributed by atoms with Gasteiger partial charge < -0.3 is 15.7 Å². The van der Waals surface area contributed by atoms with Crippen molar-refractivity contribution in [2.24, 2.45) is 0 Å². The van der Waals surface area contributed by atoms with Crippen LogP contribution >= 0.6 is 11.3 Å². The molecule has 110 valence electrons. The third kappa shape index (κ3) is 4.05. The number of thiophene rings is 1. The summed E-state index contributed by atoms with van der Waals surface area (Å²) in [6.07, 6.45) is 2.52. The van der Waals surface area contributed by atoms with Crippen LogP contribution in [-0.2, 0) is 0 Å². The van der Waals surface area contributed by atoms with Gasteiger partial charge in [-0.1, -0.05) is 6.92 Å². The van der Waals surface area contributed by atoms with Crippen LogP contribution < -0.4 is 10.6 Å². The number of rotatable bonds is 8. The van der Waals surface area contributed by atoms with Gasteiger partial charge in [-0.3, -0.25) is 0 Å². The van der Waals surface area contributed by atoms with Gasteiger partial charge in [0.25, 0.3) is 0 Å². The van der Waals surface area contributed by atoms with E-state index in [-0.39, 0.29) is 6.10 Å². The van der Waals surface area contributed by atoms with Gasteiger partial charge in [0.15, 0.2) is 0 Å². The van der Waals surface area contributed by atoms with E-state index in [1.807, 2.05) is 18.4 Å². The molecule has 0 bridgehead atoms. The van der Waals surface area contributed by atoms with E-state index in [9.17, 15) is 5.11 Å². The van der Waals surface area contributed by atoms with Gasteiger partial charge in [-0.15, -0.1) is 11.3 Å². The van der Waals surface area contributed by atoms with Crippen LogP contribution in [0.1, 0.15) is 33.1 Å². The predicted molar refractivity (Wildman–Crippen MR) is 85.6 cm³/mol. The number of hydrogen-bond acceptors (Lipinski definition) is 6. The summed E-state index contributed by atoms with van der Waals surface area (Å²) in [4.78, 5) is 10.0. The Hall–Kier alpha value is -1.40. The average Bonchev–Trinajstić information content (AvgIpc) is 2.89. The van der Waals surface area contributed by atoms with E-state index in [4.69, 9.17) is 0 Å². The molecule has 0 spiro atoms. The van der Waals surface area contributed by atoms with E-state index in [1.165, 1.54) is 0 Å². The Morgan fingerprint density at radius 2 is 2.15 bits per heavy atom. The van der Waals surface area contributed by atoms with Crippen LogP contribution in [0.4, 0.5) is 11.8 Å². The van der Waals surface area contributed by atoms with Crippen LogP contribution in [0, 0.1) is 0 Å². The summed E-state index contributed by atoms with van der Waals surface area (Å²) >= 11 is 1.62. The van der Waals surface area contributed by atoms with Gasteiger partial charge in [0, 0.05) is 13.1 Å². The van der Waals surface area contributed by atoms with Crippen LogP contribution in [0.3, 0.4) is 0 Å². The van der Waals surface area contributed by atoms with E-state index in [1.54, 1.807) is 11.3 Å². The molecule has 1 unspecified atom stereocenters. The second kappa shape index (κ2) is 7.40. The van der Waals surface area contributed by atoms with Crippen molar-refractivity contribution in [1.82, 2.24) is 9.97 Å². The minimum atomic E-state index is -0.245. The first kappa shape index (κ1) is 15.0. The zero-order valence-electron chi connectivity index (χ0n) is 12.0. The van der Waals surface area contributed by atoms with E-state index < -0.39 is 0 Å². The van der Waals surface area contributed by atoms with Crippen molar-refractivity contribution in [3.8, 4) is 0 Å². The molecule has 0 aliphatic heterocycles. The lowest BCUT2D eigenvalue weighted by Crippen LogP contribution is -2.10. The number of aliphatic hydroxyl groups excluding tert-OH is 1. The monoisotopic (exact) mass is 294 g/mol. The fourth-order valence-electron chi connectivity index (χ4n) is 1.91. The first-order valence-electron chi connectivity index (χ1n) is 7.11. The highest BCUT2D eigenvalue weighted by Crippen LogP contribution is 2.26. The molecule has 2 aromatic heterocycles. The SMILES string of the molecule is CCCNc1nc(NCCCC(C)O)c2ccsc2n1. The molecule has 0 amide bonds. The molecule has 6 heteroatoms. The molecule has 0 radical (unpaired) electrons. The van der Waals surface area contributed by atoms with E-state index in [2.05, 4.69) is 27.5 Å². The van der Waals surface area contributed by atoms with Gasteiger partial charge in [-0.2, -0.15) is 4.98 Å². The Balaban J connectivity index is 2.07. The molecule has 0 fully saturated rings. The summed E-state index contributed by atoms with van der Waals surface area (Å²) in [5.74, 6) is 1.56. The van der Waals surface area contributed by atoms with Crippen LogP contribution in [0.2, 0.25) is 0 Å². The van der Waals surface area contributed by atoms with Crippen LogP contribution in [0.5, 0.6) is 0 Å². The highest BCUT2D eigenvalue weighted by molar-refractivity contribution is 7.16. The molecule has 0 aromatic carbocycles. The molecule has 0 saturated heterocycles. The van der Waals surface area contributed by atoms with Gasteiger partial charge in [-0.05, 0) is 37.6 Å². The Morgan fingerprint density at radius 3 is 2.90 bits per heavy atom. The maximum atomic E-state index is 9.27. The highest BCUT2D eigenvalue weighted by atomic mass is 32.1. The summed E-state index contributed by atoms with van der Waals surface area (Å²) in [6, 6.07) is 2.04. The van der Waals surface area contributed by atoms with Gasteiger partial charge in [0.1, 0.15) is 10.6 Å². The summed E-state index contributed by atoms with van der Waals surface area (Å²) in [5, 5.41) is 18.9. The van der Waals surface area contributed by atoms with E-state index in [0.717, 1.165) is 48.4 Å².